The van der Waals surface area contributed by atoms with Gasteiger partial charge in [-0.1, -0.05) is 84.9 Å². The summed E-state index contributed by atoms with van der Waals surface area (Å²) >= 11 is 0. The first-order valence-corrected chi connectivity index (χ1v) is 15.9. The van der Waals surface area contributed by atoms with Crippen LogP contribution in [-0.4, -0.2) is 0 Å². The summed E-state index contributed by atoms with van der Waals surface area (Å²) in [5, 5.41) is 9.27. The van der Waals surface area contributed by atoms with Crippen molar-refractivity contribution in [2.75, 3.05) is 4.90 Å². The Kier molecular flexibility index (Phi) is 5.57. The van der Waals surface area contributed by atoms with Crippen molar-refractivity contribution >= 4 is 82.5 Å². The molecule has 3 heteroatoms. The van der Waals surface area contributed by atoms with Crippen LogP contribution in [-0.2, 0) is 0 Å². The van der Waals surface area contributed by atoms with E-state index in [-0.39, 0.29) is 0 Å². The molecule has 10 rings (SSSR count). The smallest absolute Gasteiger partial charge is 0.136 e. The minimum absolute atomic E-state index is 0.867. The van der Waals surface area contributed by atoms with Gasteiger partial charge >= 0.3 is 0 Å². The molecule has 3 nitrogen and oxygen atoms in total. The number of nitrogens with zero attached hydrogens (tertiary/aromatic N) is 1. The summed E-state index contributed by atoms with van der Waals surface area (Å²) < 4.78 is 12.7. The van der Waals surface area contributed by atoms with Crippen LogP contribution in [0.2, 0.25) is 0 Å². The third kappa shape index (κ3) is 4.07. The van der Waals surface area contributed by atoms with E-state index in [0.29, 0.717) is 0 Å². The van der Waals surface area contributed by atoms with Crippen LogP contribution in [0.1, 0.15) is 0 Å². The summed E-state index contributed by atoms with van der Waals surface area (Å²) in [6, 6.07) is 57.9. The topological polar surface area (TPSA) is 29.5 Å². The van der Waals surface area contributed by atoms with E-state index < -0.39 is 0 Å². The molecule has 0 aliphatic rings. The second kappa shape index (κ2) is 10.1. The molecule has 0 unspecified atom stereocenters. The van der Waals surface area contributed by atoms with Gasteiger partial charge in [0.1, 0.15) is 22.3 Å². The van der Waals surface area contributed by atoms with Gasteiger partial charge < -0.3 is 13.7 Å². The Bertz CT molecular complexity index is 2810. The fourth-order valence-corrected chi connectivity index (χ4v) is 7.25. The van der Waals surface area contributed by atoms with Gasteiger partial charge in [0.15, 0.2) is 0 Å². The molecule has 0 atom stereocenters. The number of para-hydroxylation sites is 2. The number of furan rings is 2. The van der Waals surface area contributed by atoms with Gasteiger partial charge in [0.05, 0.1) is 0 Å². The zero-order chi connectivity index (χ0) is 30.9. The van der Waals surface area contributed by atoms with E-state index in [1.165, 1.54) is 21.9 Å². The summed E-state index contributed by atoms with van der Waals surface area (Å²) in [7, 11) is 0. The normalized spacial score (nSPS) is 11.8. The number of benzene rings is 8. The van der Waals surface area contributed by atoms with E-state index in [2.05, 4.69) is 157 Å². The maximum Gasteiger partial charge on any atom is 0.136 e. The SMILES string of the molecule is c1ccc(N(c2cccc(-c3ccc4ccccc4c3)c2)c2ccc3oc4ccc5c(ccc6oc7ccccc7c65)c4c3c2)cc1. The average Bonchev–Trinajstić information content (AvgIpc) is 3.70. The number of anilines is 3. The van der Waals surface area contributed by atoms with Crippen molar-refractivity contribution in [3.63, 3.8) is 0 Å². The van der Waals surface area contributed by atoms with Crippen molar-refractivity contribution in [2.24, 2.45) is 0 Å². The number of fused-ring (bicyclic) bond motifs is 10. The van der Waals surface area contributed by atoms with Gasteiger partial charge in [-0.25, -0.2) is 0 Å². The van der Waals surface area contributed by atoms with Crippen LogP contribution in [0.3, 0.4) is 0 Å². The van der Waals surface area contributed by atoms with Crippen LogP contribution in [0.15, 0.2) is 173 Å². The predicted octanol–water partition coefficient (Wildman–Crippen LogP) is 12.9. The van der Waals surface area contributed by atoms with Gasteiger partial charge in [0, 0.05) is 38.6 Å². The summed E-state index contributed by atoms with van der Waals surface area (Å²) in [5.74, 6) is 0. The predicted molar refractivity (Wildman–Crippen MR) is 196 cm³/mol. The summed E-state index contributed by atoms with van der Waals surface area (Å²) in [6.07, 6.45) is 0. The number of hydrogen-bond acceptors (Lipinski definition) is 3. The Labute approximate surface area is 270 Å². The molecule has 0 N–H and O–H groups in total. The molecule has 0 amide bonds. The fourth-order valence-electron chi connectivity index (χ4n) is 7.25. The van der Waals surface area contributed by atoms with Crippen LogP contribution in [0, 0.1) is 0 Å². The molecule has 220 valence electrons. The third-order valence-electron chi connectivity index (χ3n) is 9.41. The van der Waals surface area contributed by atoms with Crippen molar-refractivity contribution in [1.82, 2.24) is 0 Å². The lowest BCUT2D eigenvalue weighted by Gasteiger charge is -2.26. The van der Waals surface area contributed by atoms with E-state index in [9.17, 15) is 0 Å². The van der Waals surface area contributed by atoms with E-state index in [1.54, 1.807) is 0 Å². The maximum atomic E-state index is 6.46. The monoisotopic (exact) mass is 601 g/mol. The van der Waals surface area contributed by atoms with Crippen LogP contribution < -0.4 is 4.90 Å². The quantitative estimate of drug-likeness (QED) is 0.201. The highest BCUT2D eigenvalue weighted by Crippen LogP contribution is 2.43. The van der Waals surface area contributed by atoms with Gasteiger partial charge in [-0.2, -0.15) is 0 Å². The van der Waals surface area contributed by atoms with Gasteiger partial charge in [0.25, 0.3) is 0 Å². The molecule has 0 saturated heterocycles. The zero-order valence-corrected chi connectivity index (χ0v) is 25.4. The lowest BCUT2D eigenvalue weighted by molar-refractivity contribution is 0.668. The van der Waals surface area contributed by atoms with Crippen molar-refractivity contribution in [1.29, 1.82) is 0 Å². The molecule has 0 radical (unpaired) electrons. The highest BCUT2D eigenvalue weighted by Gasteiger charge is 2.19. The highest BCUT2D eigenvalue weighted by molar-refractivity contribution is 6.27. The highest BCUT2D eigenvalue weighted by atomic mass is 16.3. The fraction of sp³-hybridized carbons (Fsp3) is 0. The number of hydrogen-bond donors (Lipinski definition) is 0. The molecule has 0 fully saturated rings. The van der Waals surface area contributed by atoms with Crippen molar-refractivity contribution in [3.8, 4) is 11.1 Å². The van der Waals surface area contributed by atoms with Crippen molar-refractivity contribution in [2.45, 2.75) is 0 Å². The van der Waals surface area contributed by atoms with Gasteiger partial charge in [-0.3, -0.25) is 0 Å². The Balaban J connectivity index is 1.18. The summed E-state index contributed by atoms with van der Waals surface area (Å²) in [4.78, 5) is 2.33. The largest absolute Gasteiger partial charge is 0.456 e. The molecule has 0 aliphatic heterocycles. The Morgan fingerprint density at radius 2 is 0.936 bits per heavy atom. The lowest BCUT2D eigenvalue weighted by atomic mass is 9.99. The first-order valence-electron chi connectivity index (χ1n) is 15.9. The van der Waals surface area contributed by atoms with E-state index >= 15 is 0 Å². The first-order chi connectivity index (χ1) is 23.3. The van der Waals surface area contributed by atoms with E-state index in [4.69, 9.17) is 8.83 Å². The summed E-state index contributed by atoms with van der Waals surface area (Å²) in [6.45, 7) is 0. The van der Waals surface area contributed by atoms with Crippen molar-refractivity contribution in [3.05, 3.63) is 164 Å². The molecule has 0 spiro atoms. The first kappa shape index (κ1) is 26.0. The molecule has 8 aromatic carbocycles. The third-order valence-corrected chi connectivity index (χ3v) is 9.41. The van der Waals surface area contributed by atoms with Crippen molar-refractivity contribution < 1.29 is 8.83 Å². The Morgan fingerprint density at radius 3 is 1.77 bits per heavy atom. The molecule has 47 heavy (non-hydrogen) atoms. The Hall–Kier alpha value is -6.32. The molecule has 0 saturated carbocycles. The van der Waals surface area contributed by atoms with E-state index in [1.807, 2.05) is 12.1 Å². The average molecular weight is 602 g/mol. The van der Waals surface area contributed by atoms with Gasteiger partial charge in [0.2, 0.25) is 0 Å². The van der Waals surface area contributed by atoms with Crippen LogP contribution in [0.4, 0.5) is 17.1 Å². The van der Waals surface area contributed by atoms with Crippen LogP contribution in [0.25, 0.3) is 76.5 Å². The molecule has 0 bridgehead atoms. The lowest BCUT2D eigenvalue weighted by Crippen LogP contribution is -2.09. The minimum Gasteiger partial charge on any atom is -0.456 e. The van der Waals surface area contributed by atoms with Crippen LogP contribution >= 0.6 is 0 Å². The minimum atomic E-state index is 0.867. The second-order valence-electron chi connectivity index (χ2n) is 12.1. The van der Waals surface area contributed by atoms with E-state index in [0.717, 1.165) is 71.7 Å². The second-order valence-corrected chi connectivity index (χ2v) is 12.1. The molecule has 10 aromatic rings. The molecular formula is C44H27NO2. The molecule has 0 aliphatic carbocycles. The van der Waals surface area contributed by atoms with Gasteiger partial charge in [-0.15, -0.1) is 0 Å². The van der Waals surface area contributed by atoms with Crippen LogP contribution in [0.5, 0.6) is 0 Å². The summed E-state index contributed by atoms with van der Waals surface area (Å²) in [5.41, 5.74) is 9.15. The number of rotatable bonds is 4. The van der Waals surface area contributed by atoms with Gasteiger partial charge in [-0.05, 0) is 112 Å². The molecular weight excluding hydrogens is 574 g/mol. The Morgan fingerprint density at radius 1 is 0.319 bits per heavy atom. The standard InChI is InChI=1S/C44H27NO2/c1-2-12-32(13-3-1)45(33-14-8-11-30(26-33)31-18-17-28-9-4-5-10-29(28)25-31)34-19-22-40-38(27-34)44-36-21-23-41-43(35(36)20-24-42(44)47-40)37-15-6-7-16-39(37)46-41/h1-27H. The maximum absolute atomic E-state index is 6.46. The molecule has 2 aromatic heterocycles. The zero-order valence-electron chi connectivity index (χ0n) is 25.4. The molecule has 2 heterocycles.